The van der Waals surface area contributed by atoms with Gasteiger partial charge in [-0.2, -0.15) is 0 Å². The van der Waals surface area contributed by atoms with Gasteiger partial charge in [0.2, 0.25) is 0 Å². The average Bonchev–Trinajstić information content (AvgIpc) is 2.43. The molecule has 1 N–H and O–H groups in total. The van der Waals surface area contributed by atoms with Crippen LogP contribution in [0.3, 0.4) is 0 Å². The summed E-state index contributed by atoms with van der Waals surface area (Å²) in [6.45, 7) is 4.07. The maximum absolute atomic E-state index is 11.9. The zero-order valence-electron chi connectivity index (χ0n) is 12.7. The van der Waals surface area contributed by atoms with Crippen molar-refractivity contribution in [3.8, 4) is 5.75 Å². The topological polar surface area (TPSA) is 50.8 Å². The summed E-state index contributed by atoms with van der Waals surface area (Å²) in [4.78, 5) is 14.0. The van der Waals surface area contributed by atoms with Crippen molar-refractivity contribution in [3.05, 3.63) is 29.8 Å². The van der Waals surface area contributed by atoms with Gasteiger partial charge in [-0.25, -0.2) is 4.79 Å². The molecule has 1 rings (SSSR count). The number of nitrogens with zero attached hydrogens (tertiary/aromatic N) is 1. The van der Waals surface area contributed by atoms with Gasteiger partial charge in [-0.05, 0) is 38.7 Å². The molecule has 0 radical (unpaired) electrons. The Hall–Kier alpha value is -1.59. The number of nitrogens with one attached hydrogen (secondary N) is 1. The molecule has 0 aromatic heterocycles. The Morgan fingerprint density at radius 2 is 2.15 bits per heavy atom. The summed E-state index contributed by atoms with van der Waals surface area (Å²) in [5.74, 6) is 0.464. The fourth-order valence-corrected chi connectivity index (χ4v) is 1.84. The number of benzene rings is 1. The highest BCUT2D eigenvalue weighted by Gasteiger charge is 2.21. The molecule has 5 heteroatoms. The molecule has 0 aliphatic rings. The highest BCUT2D eigenvalue weighted by Crippen LogP contribution is 2.20. The first-order valence-corrected chi connectivity index (χ1v) is 6.77. The van der Waals surface area contributed by atoms with E-state index in [1.807, 2.05) is 45.3 Å². The smallest absolute Gasteiger partial charge is 0.327 e. The van der Waals surface area contributed by atoms with Crippen LogP contribution in [0, 0.1) is 0 Å². The number of likely N-dealkylation sites (N-methyl/N-ethyl adjacent to an activating group) is 1. The fourth-order valence-electron chi connectivity index (χ4n) is 1.84. The van der Waals surface area contributed by atoms with Gasteiger partial charge in [-0.1, -0.05) is 12.1 Å². The number of rotatable bonds is 8. The maximum Gasteiger partial charge on any atom is 0.327 e. The molecule has 1 atom stereocenters. The maximum atomic E-state index is 11.9. The fraction of sp³-hybridized carbons (Fsp3) is 0.533. The van der Waals surface area contributed by atoms with Crippen molar-refractivity contribution in [2.45, 2.75) is 13.0 Å². The Labute approximate surface area is 120 Å². The first-order valence-electron chi connectivity index (χ1n) is 6.77. The van der Waals surface area contributed by atoms with Crippen LogP contribution in [0.4, 0.5) is 0 Å². The number of carbonyl (C=O) groups excluding carboxylic acids is 1. The Morgan fingerprint density at radius 3 is 2.75 bits per heavy atom. The van der Waals surface area contributed by atoms with Crippen molar-refractivity contribution in [2.24, 2.45) is 0 Å². The summed E-state index contributed by atoms with van der Waals surface area (Å²) >= 11 is 0. The van der Waals surface area contributed by atoms with Crippen LogP contribution in [-0.4, -0.2) is 51.8 Å². The second-order valence-corrected chi connectivity index (χ2v) is 4.72. The Balaban J connectivity index is 2.81. The van der Waals surface area contributed by atoms with E-state index in [1.165, 1.54) is 7.11 Å². The first kappa shape index (κ1) is 16.5. The highest BCUT2D eigenvalue weighted by atomic mass is 16.5. The van der Waals surface area contributed by atoms with E-state index in [2.05, 4.69) is 10.2 Å². The van der Waals surface area contributed by atoms with E-state index in [0.29, 0.717) is 13.2 Å². The molecular weight excluding hydrogens is 256 g/mol. The largest absolute Gasteiger partial charge is 0.494 e. The van der Waals surface area contributed by atoms with Crippen LogP contribution in [0.2, 0.25) is 0 Å². The quantitative estimate of drug-likeness (QED) is 0.730. The van der Waals surface area contributed by atoms with Crippen molar-refractivity contribution in [3.63, 3.8) is 0 Å². The predicted molar refractivity (Wildman–Crippen MR) is 78.9 cm³/mol. The van der Waals surface area contributed by atoms with Gasteiger partial charge < -0.3 is 14.4 Å². The Bertz CT molecular complexity index is 421. The van der Waals surface area contributed by atoms with Crippen LogP contribution >= 0.6 is 0 Å². The molecule has 0 amide bonds. The molecule has 0 spiro atoms. The third-order valence-corrected chi connectivity index (χ3v) is 2.85. The van der Waals surface area contributed by atoms with Crippen molar-refractivity contribution in [1.82, 2.24) is 10.2 Å². The summed E-state index contributed by atoms with van der Waals surface area (Å²) < 4.78 is 10.3. The van der Waals surface area contributed by atoms with Gasteiger partial charge >= 0.3 is 5.97 Å². The number of ether oxygens (including phenoxy) is 2. The van der Waals surface area contributed by atoms with Crippen LogP contribution in [0.5, 0.6) is 5.75 Å². The van der Waals surface area contributed by atoms with Crippen LogP contribution < -0.4 is 10.1 Å². The van der Waals surface area contributed by atoms with Crippen molar-refractivity contribution in [2.75, 3.05) is 40.9 Å². The van der Waals surface area contributed by atoms with Gasteiger partial charge in [-0.15, -0.1) is 0 Å². The number of hydrogen-bond acceptors (Lipinski definition) is 5. The lowest BCUT2D eigenvalue weighted by molar-refractivity contribution is -0.143. The van der Waals surface area contributed by atoms with E-state index in [9.17, 15) is 4.79 Å². The molecular formula is C15H24N2O3. The third-order valence-electron chi connectivity index (χ3n) is 2.85. The molecule has 1 aromatic rings. The van der Waals surface area contributed by atoms with Gasteiger partial charge in [-0.3, -0.25) is 5.32 Å². The minimum atomic E-state index is -0.472. The highest BCUT2D eigenvalue weighted by molar-refractivity contribution is 5.77. The normalized spacial score (nSPS) is 12.2. The van der Waals surface area contributed by atoms with Crippen molar-refractivity contribution >= 4 is 5.97 Å². The second-order valence-electron chi connectivity index (χ2n) is 4.72. The first-order chi connectivity index (χ1) is 9.58. The molecule has 0 heterocycles. The lowest BCUT2D eigenvalue weighted by Crippen LogP contribution is -2.34. The zero-order valence-corrected chi connectivity index (χ0v) is 12.7. The molecule has 0 saturated heterocycles. The lowest BCUT2D eigenvalue weighted by Gasteiger charge is -2.19. The zero-order chi connectivity index (χ0) is 15.0. The third kappa shape index (κ3) is 5.19. The van der Waals surface area contributed by atoms with E-state index < -0.39 is 6.04 Å². The number of carbonyl (C=O) groups is 1. The summed E-state index contributed by atoms with van der Waals surface area (Å²) in [6, 6.07) is 7.05. The molecule has 0 aliphatic heterocycles. The summed E-state index contributed by atoms with van der Waals surface area (Å²) in [6.07, 6.45) is 0. The van der Waals surface area contributed by atoms with Gasteiger partial charge in [0.05, 0.1) is 13.7 Å². The molecule has 0 aliphatic carbocycles. The minimum Gasteiger partial charge on any atom is -0.494 e. The van der Waals surface area contributed by atoms with E-state index in [0.717, 1.165) is 17.9 Å². The molecule has 112 valence electrons. The van der Waals surface area contributed by atoms with Gasteiger partial charge in [0.25, 0.3) is 0 Å². The van der Waals surface area contributed by atoms with E-state index >= 15 is 0 Å². The average molecular weight is 280 g/mol. The van der Waals surface area contributed by atoms with E-state index in [4.69, 9.17) is 9.47 Å². The number of esters is 1. The van der Waals surface area contributed by atoms with Crippen LogP contribution in [0.15, 0.2) is 24.3 Å². The van der Waals surface area contributed by atoms with Gasteiger partial charge in [0.1, 0.15) is 11.8 Å². The van der Waals surface area contributed by atoms with E-state index in [-0.39, 0.29) is 5.97 Å². The predicted octanol–water partition coefficient (Wildman–Crippen LogP) is 1.45. The second kappa shape index (κ2) is 8.55. The minimum absolute atomic E-state index is 0.294. The summed E-state index contributed by atoms with van der Waals surface area (Å²) in [7, 11) is 5.38. The van der Waals surface area contributed by atoms with E-state index in [1.54, 1.807) is 0 Å². The van der Waals surface area contributed by atoms with Gasteiger partial charge in [0.15, 0.2) is 0 Å². The summed E-state index contributed by atoms with van der Waals surface area (Å²) in [5, 5.41) is 3.22. The molecule has 5 nitrogen and oxygen atoms in total. The molecule has 1 aromatic carbocycles. The number of methoxy groups -OCH3 is 1. The monoisotopic (exact) mass is 280 g/mol. The molecule has 0 saturated carbocycles. The lowest BCUT2D eigenvalue weighted by atomic mass is 10.1. The van der Waals surface area contributed by atoms with Crippen LogP contribution in [-0.2, 0) is 9.53 Å². The molecule has 20 heavy (non-hydrogen) atoms. The Kier molecular flexibility index (Phi) is 7.04. The molecule has 1 unspecified atom stereocenters. The van der Waals surface area contributed by atoms with Gasteiger partial charge in [0, 0.05) is 13.1 Å². The van der Waals surface area contributed by atoms with Crippen LogP contribution in [0.1, 0.15) is 18.5 Å². The van der Waals surface area contributed by atoms with Crippen molar-refractivity contribution in [1.29, 1.82) is 0 Å². The number of hydrogen-bond donors (Lipinski definition) is 1. The van der Waals surface area contributed by atoms with Crippen LogP contribution in [0.25, 0.3) is 0 Å². The summed E-state index contributed by atoms with van der Waals surface area (Å²) in [5.41, 5.74) is 0.849. The molecule has 0 bridgehead atoms. The molecule has 0 fully saturated rings. The SMILES string of the molecule is CCOc1cccc(C(NCCN(C)C)C(=O)OC)c1. The van der Waals surface area contributed by atoms with Crippen molar-refractivity contribution < 1.29 is 14.3 Å². The standard InChI is InChI=1S/C15H24N2O3/c1-5-20-13-8-6-7-12(11-13)14(15(18)19-4)16-9-10-17(2)3/h6-8,11,14,16H,5,9-10H2,1-4H3. The Morgan fingerprint density at radius 1 is 1.40 bits per heavy atom.